The van der Waals surface area contributed by atoms with E-state index in [1.165, 1.54) is 10.5 Å². The molecule has 0 aliphatic carbocycles. The molecule has 126 valence electrons. The average Bonchev–Trinajstić information content (AvgIpc) is 2.91. The van der Waals surface area contributed by atoms with E-state index >= 15 is 0 Å². The summed E-state index contributed by atoms with van der Waals surface area (Å²) >= 11 is 0. The molecule has 5 heteroatoms. The minimum absolute atomic E-state index is 0.185. The second kappa shape index (κ2) is 6.60. The SMILES string of the molecule is CCc1ccc([C@H]2CN(C(=O)OC(C)(C)C)C[C@H]2C(=O)O)cc1. The van der Waals surface area contributed by atoms with Gasteiger partial charge in [0.15, 0.2) is 0 Å². The first kappa shape index (κ1) is 17.3. The van der Waals surface area contributed by atoms with Crippen LogP contribution < -0.4 is 0 Å². The van der Waals surface area contributed by atoms with E-state index in [-0.39, 0.29) is 12.5 Å². The topological polar surface area (TPSA) is 66.8 Å². The van der Waals surface area contributed by atoms with E-state index in [0.717, 1.165) is 12.0 Å². The molecule has 1 aliphatic rings. The number of carbonyl (C=O) groups excluding carboxylic acids is 1. The zero-order chi connectivity index (χ0) is 17.2. The van der Waals surface area contributed by atoms with Gasteiger partial charge in [-0.05, 0) is 38.3 Å². The molecular formula is C18H25NO4. The first-order valence-electron chi connectivity index (χ1n) is 8.01. The highest BCUT2D eigenvalue weighted by Crippen LogP contribution is 2.34. The van der Waals surface area contributed by atoms with Crippen LogP contribution >= 0.6 is 0 Å². The summed E-state index contributed by atoms with van der Waals surface area (Å²) in [6, 6.07) is 7.98. The highest BCUT2D eigenvalue weighted by molar-refractivity contribution is 5.76. The molecule has 0 saturated carbocycles. The number of hydrogen-bond acceptors (Lipinski definition) is 3. The molecule has 23 heavy (non-hydrogen) atoms. The first-order chi connectivity index (χ1) is 10.7. The molecule has 2 rings (SSSR count). The Bertz CT molecular complexity index is 574. The number of carboxylic acid groups (broad SMARTS) is 1. The van der Waals surface area contributed by atoms with Crippen molar-refractivity contribution in [1.82, 2.24) is 4.90 Å². The van der Waals surface area contributed by atoms with Crippen molar-refractivity contribution in [3.05, 3.63) is 35.4 Å². The van der Waals surface area contributed by atoms with Gasteiger partial charge >= 0.3 is 12.1 Å². The molecule has 1 fully saturated rings. The van der Waals surface area contributed by atoms with Crippen LogP contribution in [0.25, 0.3) is 0 Å². The fourth-order valence-corrected chi connectivity index (χ4v) is 2.87. The Morgan fingerprint density at radius 3 is 2.30 bits per heavy atom. The summed E-state index contributed by atoms with van der Waals surface area (Å²) < 4.78 is 5.36. The number of aryl methyl sites for hydroxylation is 1. The van der Waals surface area contributed by atoms with E-state index < -0.39 is 23.6 Å². The van der Waals surface area contributed by atoms with E-state index in [0.29, 0.717) is 6.54 Å². The maximum absolute atomic E-state index is 12.2. The van der Waals surface area contributed by atoms with Gasteiger partial charge in [0.1, 0.15) is 5.60 Å². The summed E-state index contributed by atoms with van der Waals surface area (Å²) in [7, 11) is 0. The molecule has 0 spiro atoms. The van der Waals surface area contributed by atoms with Crippen LogP contribution in [-0.2, 0) is 16.0 Å². The van der Waals surface area contributed by atoms with E-state index in [9.17, 15) is 14.7 Å². The second-order valence-corrected chi connectivity index (χ2v) is 7.03. The van der Waals surface area contributed by atoms with Gasteiger partial charge in [-0.2, -0.15) is 0 Å². The number of benzene rings is 1. The second-order valence-electron chi connectivity index (χ2n) is 7.03. The fraction of sp³-hybridized carbons (Fsp3) is 0.556. The molecule has 0 radical (unpaired) electrons. The van der Waals surface area contributed by atoms with Crippen molar-refractivity contribution in [3.63, 3.8) is 0 Å². The van der Waals surface area contributed by atoms with Crippen LogP contribution in [-0.4, -0.2) is 40.8 Å². The predicted octanol–water partition coefficient (Wildman–Crippen LogP) is 3.28. The number of aliphatic carboxylic acids is 1. The van der Waals surface area contributed by atoms with E-state index in [4.69, 9.17) is 4.74 Å². The van der Waals surface area contributed by atoms with Gasteiger partial charge in [0.25, 0.3) is 0 Å². The molecule has 0 unspecified atom stereocenters. The van der Waals surface area contributed by atoms with Gasteiger partial charge in [0, 0.05) is 19.0 Å². The van der Waals surface area contributed by atoms with Crippen molar-refractivity contribution in [1.29, 1.82) is 0 Å². The summed E-state index contributed by atoms with van der Waals surface area (Å²) in [4.78, 5) is 25.3. The lowest BCUT2D eigenvalue weighted by Gasteiger charge is -2.24. The molecule has 1 saturated heterocycles. The first-order valence-corrected chi connectivity index (χ1v) is 8.01. The Morgan fingerprint density at radius 2 is 1.83 bits per heavy atom. The zero-order valence-electron chi connectivity index (χ0n) is 14.2. The molecule has 0 bridgehead atoms. The Balaban J connectivity index is 2.17. The van der Waals surface area contributed by atoms with Gasteiger partial charge < -0.3 is 14.7 Å². The molecule has 1 heterocycles. The normalized spacial score (nSPS) is 21.3. The van der Waals surface area contributed by atoms with Crippen LogP contribution in [0.2, 0.25) is 0 Å². The Hall–Kier alpha value is -2.04. The predicted molar refractivity (Wildman–Crippen MR) is 87.5 cm³/mol. The number of carbonyl (C=O) groups is 2. The van der Waals surface area contributed by atoms with E-state index in [1.54, 1.807) is 20.8 Å². The molecule has 0 aromatic heterocycles. The summed E-state index contributed by atoms with van der Waals surface area (Å²) in [6.45, 7) is 8.04. The molecule has 1 amide bonds. The van der Waals surface area contributed by atoms with Gasteiger partial charge in [0.2, 0.25) is 0 Å². The third-order valence-electron chi connectivity index (χ3n) is 4.10. The van der Waals surface area contributed by atoms with Crippen LogP contribution in [0.4, 0.5) is 4.79 Å². The number of ether oxygens (including phenoxy) is 1. The van der Waals surface area contributed by atoms with Crippen molar-refractivity contribution < 1.29 is 19.4 Å². The van der Waals surface area contributed by atoms with Crippen molar-refractivity contribution in [3.8, 4) is 0 Å². The maximum atomic E-state index is 12.2. The third-order valence-corrected chi connectivity index (χ3v) is 4.10. The minimum atomic E-state index is -0.874. The van der Waals surface area contributed by atoms with Crippen LogP contribution in [0.1, 0.15) is 44.7 Å². The van der Waals surface area contributed by atoms with Crippen molar-refractivity contribution >= 4 is 12.1 Å². The number of nitrogens with zero attached hydrogens (tertiary/aromatic N) is 1. The average molecular weight is 319 g/mol. The van der Waals surface area contributed by atoms with Gasteiger partial charge in [-0.1, -0.05) is 31.2 Å². The number of amides is 1. The number of carboxylic acids is 1. The summed E-state index contributed by atoms with van der Waals surface area (Å²) in [5.74, 6) is -1.68. The van der Waals surface area contributed by atoms with Crippen LogP contribution in [0, 0.1) is 5.92 Å². The van der Waals surface area contributed by atoms with Gasteiger partial charge in [-0.15, -0.1) is 0 Å². The zero-order valence-corrected chi connectivity index (χ0v) is 14.2. The monoisotopic (exact) mass is 319 g/mol. The minimum Gasteiger partial charge on any atom is -0.481 e. The molecule has 2 atom stereocenters. The Kier molecular flexibility index (Phi) is 4.97. The van der Waals surface area contributed by atoms with Gasteiger partial charge in [0.05, 0.1) is 5.92 Å². The van der Waals surface area contributed by atoms with Crippen molar-refractivity contribution in [2.45, 2.75) is 45.6 Å². The molecule has 1 aromatic rings. The Morgan fingerprint density at radius 1 is 1.22 bits per heavy atom. The smallest absolute Gasteiger partial charge is 0.410 e. The summed E-state index contributed by atoms with van der Waals surface area (Å²) in [5.41, 5.74) is 1.58. The fourth-order valence-electron chi connectivity index (χ4n) is 2.87. The molecule has 1 aliphatic heterocycles. The maximum Gasteiger partial charge on any atom is 0.410 e. The van der Waals surface area contributed by atoms with Gasteiger partial charge in [-0.25, -0.2) is 4.79 Å². The number of rotatable bonds is 3. The lowest BCUT2D eigenvalue weighted by Crippen LogP contribution is -2.35. The highest BCUT2D eigenvalue weighted by atomic mass is 16.6. The highest BCUT2D eigenvalue weighted by Gasteiger charge is 2.41. The Labute approximate surface area is 137 Å². The van der Waals surface area contributed by atoms with Gasteiger partial charge in [-0.3, -0.25) is 4.79 Å². The summed E-state index contributed by atoms with van der Waals surface area (Å²) in [5, 5.41) is 9.50. The van der Waals surface area contributed by atoms with Crippen molar-refractivity contribution in [2.24, 2.45) is 5.92 Å². The van der Waals surface area contributed by atoms with Crippen molar-refractivity contribution in [2.75, 3.05) is 13.1 Å². The standard InChI is InChI=1S/C18H25NO4/c1-5-12-6-8-13(9-7-12)14-10-19(11-15(14)16(20)21)17(22)23-18(2,3)4/h6-9,14-15H,5,10-11H2,1-4H3,(H,20,21)/t14-,15-/m1/s1. The van der Waals surface area contributed by atoms with Crippen LogP contribution in [0.15, 0.2) is 24.3 Å². The number of hydrogen-bond donors (Lipinski definition) is 1. The quantitative estimate of drug-likeness (QED) is 0.928. The molecule has 1 N–H and O–H groups in total. The lowest BCUT2D eigenvalue weighted by molar-refractivity contribution is -0.141. The lowest BCUT2D eigenvalue weighted by atomic mass is 9.88. The van der Waals surface area contributed by atoms with E-state index in [2.05, 4.69) is 6.92 Å². The largest absolute Gasteiger partial charge is 0.481 e. The van der Waals surface area contributed by atoms with Crippen LogP contribution in [0.3, 0.4) is 0 Å². The summed E-state index contributed by atoms with van der Waals surface area (Å²) in [6.07, 6.45) is 0.494. The molecule has 1 aromatic carbocycles. The molecule has 5 nitrogen and oxygen atoms in total. The third kappa shape index (κ3) is 4.24. The van der Waals surface area contributed by atoms with Crippen LogP contribution in [0.5, 0.6) is 0 Å². The number of likely N-dealkylation sites (tertiary alicyclic amines) is 1. The molecular weight excluding hydrogens is 294 g/mol. The van der Waals surface area contributed by atoms with E-state index in [1.807, 2.05) is 24.3 Å².